The summed E-state index contributed by atoms with van der Waals surface area (Å²) < 4.78 is 15.8. The summed E-state index contributed by atoms with van der Waals surface area (Å²) in [7, 11) is 4.54. The number of methoxy groups -OCH3 is 3. The Balaban J connectivity index is 2.30. The molecule has 0 spiro atoms. The van der Waals surface area contributed by atoms with Gasteiger partial charge in [-0.25, -0.2) is 0 Å². The quantitative estimate of drug-likeness (QED) is 0.843. The third-order valence-corrected chi connectivity index (χ3v) is 3.21. The maximum absolute atomic E-state index is 12.3. The second-order valence-electron chi connectivity index (χ2n) is 4.61. The molecule has 0 aliphatic carbocycles. The first-order valence-electron chi connectivity index (χ1n) is 6.89. The molecule has 7 nitrogen and oxygen atoms in total. The van der Waals surface area contributed by atoms with Gasteiger partial charge >= 0.3 is 0 Å². The minimum Gasteiger partial charge on any atom is -0.493 e. The van der Waals surface area contributed by atoms with Gasteiger partial charge in [0.1, 0.15) is 0 Å². The number of anilines is 1. The summed E-state index contributed by atoms with van der Waals surface area (Å²) >= 11 is 0. The lowest BCUT2D eigenvalue weighted by Gasteiger charge is -2.14. The predicted octanol–water partition coefficient (Wildman–Crippen LogP) is 1.82. The minimum atomic E-state index is -0.281. The molecule has 1 heterocycles. The fraction of sp³-hybridized carbons (Fsp3) is 0.250. The summed E-state index contributed by atoms with van der Waals surface area (Å²) in [6, 6.07) is 6.58. The van der Waals surface area contributed by atoms with Gasteiger partial charge in [-0.2, -0.15) is 0 Å². The number of rotatable bonds is 6. The Bertz CT molecular complexity index is 678. The van der Waals surface area contributed by atoms with Crippen LogP contribution in [0.15, 0.2) is 30.5 Å². The molecule has 23 heavy (non-hydrogen) atoms. The summed E-state index contributed by atoms with van der Waals surface area (Å²) in [6.07, 6.45) is 1.55. The van der Waals surface area contributed by atoms with Gasteiger partial charge in [0.25, 0.3) is 5.91 Å². The van der Waals surface area contributed by atoms with E-state index < -0.39 is 0 Å². The van der Waals surface area contributed by atoms with Crippen molar-refractivity contribution < 1.29 is 19.0 Å². The van der Waals surface area contributed by atoms with Crippen molar-refractivity contribution in [2.24, 2.45) is 5.73 Å². The largest absolute Gasteiger partial charge is 0.493 e. The number of amides is 1. The van der Waals surface area contributed by atoms with E-state index in [1.165, 1.54) is 21.3 Å². The zero-order valence-corrected chi connectivity index (χ0v) is 13.3. The van der Waals surface area contributed by atoms with Crippen LogP contribution in [-0.2, 0) is 6.54 Å². The van der Waals surface area contributed by atoms with Crippen LogP contribution < -0.4 is 25.3 Å². The van der Waals surface area contributed by atoms with Gasteiger partial charge in [0.05, 0.1) is 27.0 Å². The van der Waals surface area contributed by atoms with Crippen molar-refractivity contribution in [1.82, 2.24) is 4.98 Å². The number of nitrogens with one attached hydrogen (secondary N) is 1. The fourth-order valence-corrected chi connectivity index (χ4v) is 2.09. The highest BCUT2D eigenvalue weighted by atomic mass is 16.5. The van der Waals surface area contributed by atoms with Crippen molar-refractivity contribution in [3.63, 3.8) is 0 Å². The van der Waals surface area contributed by atoms with Crippen LogP contribution in [0.2, 0.25) is 0 Å². The summed E-state index contributed by atoms with van der Waals surface area (Å²) in [6.45, 7) is 0.269. The van der Waals surface area contributed by atoms with E-state index in [1.807, 2.05) is 0 Å². The smallest absolute Gasteiger partial charge is 0.255 e. The minimum absolute atomic E-state index is 0.269. The second kappa shape index (κ2) is 7.46. The Hall–Kier alpha value is -2.80. The SMILES string of the molecule is COc1cc(NC(=O)c2ccnc(CN)c2)cc(OC)c1OC. The van der Waals surface area contributed by atoms with E-state index in [2.05, 4.69) is 10.3 Å². The van der Waals surface area contributed by atoms with E-state index in [0.717, 1.165) is 0 Å². The first-order chi connectivity index (χ1) is 11.1. The molecule has 0 atom stereocenters. The molecular formula is C16H19N3O4. The Morgan fingerprint density at radius 2 is 1.78 bits per heavy atom. The maximum Gasteiger partial charge on any atom is 0.255 e. The van der Waals surface area contributed by atoms with Gasteiger partial charge in [-0.1, -0.05) is 0 Å². The monoisotopic (exact) mass is 317 g/mol. The Morgan fingerprint density at radius 1 is 1.13 bits per heavy atom. The molecular weight excluding hydrogens is 298 g/mol. The number of hydrogen-bond donors (Lipinski definition) is 2. The van der Waals surface area contributed by atoms with Gasteiger partial charge in [0.2, 0.25) is 5.75 Å². The van der Waals surface area contributed by atoms with Gasteiger partial charge < -0.3 is 25.3 Å². The summed E-state index contributed by atoms with van der Waals surface area (Å²) in [5, 5.41) is 2.79. The van der Waals surface area contributed by atoms with Crippen molar-refractivity contribution >= 4 is 11.6 Å². The number of hydrogen-bond acceptors (Lipinski definition) is 6. The maximum atomic E-state index is 12.3. The average Bonchev–Trinajstić information content (AvgIpc) is 2.60. The Morgan fingerprint density at radius 3 is 2.30 bits per heavy atom. The second-order valence-corrected chi connectivity index (χ2v) is 4.61. The molecule has 1 aromatic carbocycles. The molecule has 7 heteroatoms. The number of benzene rings is 1. The molecule has 2 aromatic rings. The third kappa shape index (κ3) is 3.70. The van der Waals surface area contributed by atoms with Gasteiger partial charge in [0.15, 0.2) is 11.5 Å². The van der Waals surface area contributed by atoms with Crippen molar-refractivity contribution in [1.29, 1.82) is 0 Å². The predicted molar refractivity (Wildman–Crippen MR) is 86.2 cm³/mol. The van der Waals surface area contributed by atoms with Crippen LogP contribution in [0.4, 0.5) is 5.69 Å². The molecule has 0 aliphatic rings. The molecule has 2 rings (SSSR count). The van der Waals surface area contributed by atoms with Crippen LogP contribution in [-0.4, -0.2) is 32.2 Å². The van der Waals surface area contributed by atoms with Gasteiger partial charge in [-0.3, -0.25) is 9.78 Å². The number of ether oxygens (including phenoxy) is 3. The molecule has 1 aromatic heterocycles. The third-order valence-electron chi connectivity index (χ3n) is 3.21. The number of nitrogens with zero attached hydrogens (tertiary/aromatic N) is 1. The van der Waals surface area contributed by atoms with E-state index in [4.69, 9.17) is 19.9 Å². The first kappa shape index (κ1) is 16.6. The Labute approximate surface area is 134 Å². The molecule has 122 valence electrons. The van der Waals surface area contributed by atoms with Crippen molar-refractivity contribution in [3.8, 4) is 17.2 Å². The zero-order chi connectivity index (χ0) is 16.8. The molecule has 3 N–H and O–H groups in total. The lowest BCUT2D eigenvalue weighted by Crippen LogP contribution is -2.13. The summed E-state index contributed by atoms with van der Waals surface area (Å²) in [5.41, 5.74) is 7.17. The van der Waals surface area contributed by atoms with E-state index in [1.54, 1.807) is 30.5 Å². The molecule has 1 amide bonds. The molecule has 0 saturated heterocycles. The number of carbonyl (C=O) groups is 1. The summed E-state index contributed by atoms with van der Waals surface area (Å²) in [4.78, 5) is 16.4. The number of nitrogens with two attached hydrogens (primary N) is 1. The van der Waals surface area contributed by atoms with Crippen LogP contribution in [0.1, 0.15) is 16.1 Å². The lowest BCUT2D eigenvalue weighted by molar-refractivity contribution is 0.102. The molecule has 0 radical (unpaired) electrons. The highest BCUT2D eigenvalue weighted by molar-refractivity contribution is 6.04. The van der Waals surface area contributed by atoms with Crippen LogP contribution >= 0.6 is 0 Å². The number of carbonyl (C=O) groups excluding carboxylic acids is 1. The van der Waals surface area contributed by atoms with Crippen LogP contribution in [0.25, 0.3) is 0 Å². The number of aromatic nitrogens is 1. The van der Waals surface area contributed by atoms with E-state index >= 15 is 0 Å². The highest BCUT2D eigenvalue weighted by Crippen LogP contribution is 2.39. The Kier molecular flexibility index (Phi) is 5.37. The van der Waals surface area contributed by atoms with Crippen molar-refractivity contribution in [3.05, 3.63) is 41.7 Å². The molecule has 0 aliphatic heterocycles. The first-order valence-corrected chi connectivity index (χ1v) is 6.89. The lowest BCUT2D eigenvalue weighted by atomic mass is 10.2. The van der Waals surface area contributed by atoms with Crippen molar-refractivity contribution in [2.75, 3.05) is 26.6 Å². The molecule has 0 bridgehead atoms. The van der Waals surface area contributed by atoms with Crippen LogP contribution in [0, 0.1) is 0 Å². The van der Waals surface area contributed by atoms with E-state index in [9.17, 15) is 4.79 Å². The average molecular weight is 317 g/mol. The van der Waals surface area contributed by atoms with Crippen LogP contribution in [0.5, 0.6) is 17.2 Å². The summed E-state index contributed by atoms with van der Waals surface area (Å²) in [5.74, 6) is 1.10. The molecule has 0 unspecified atom stereocenters. The standard InChI is InChI=1S/C16H19N3O4/c1-21-13-7-11(8-14(22-2)15(13)23-3)19-16(20)10-4-5-18-12(6-10)9-17/h4-8H,9,17H2,1-3H3,(H,19,20). The highest BCUT2D eigenvalue weighted by Gasteiger charge is 2.15. The van der Waals surface area contributed by atoms with Gasteiger partial charge in [-0.15, -0.1) is 0 Å². The zero-order valence-electron chi connectivity index (χ0n) is 13.3. The van der Waals surface area contributed by atoms with Crippen LogP contribution in [0.3, 0.4) is 0 Å². The van der Waals surface area contributed by atoms with Gasteiger partial charge in [0, 0.05) is 36.1 Å². The fourth-order valence-electron chi connectivity index (χ4n) is 2.09. The molecule has 0 fully saturated rings. The van der Waals surface area contributed by atoms with E-state index in [-0.39, 0.29) is 12.5 Å². The van der Waals surface area contributed by atoms with E-state index in [0.29, 0.717) is 34.2 Å². The van der Waals surface area contributed by atoms with Gasteiger partial charge in [-0.05, 0) is 12.1 Å². The molecule has 0 saturated carbocycles. The number of pyridine rings is 1. The van der Waals surface area contributed by atoms with Crippen molar-refractivity contribution in [2.45, 2.75) is 6.54 Å². The normalized spacial score (nSPS) is 10.1. The topological polar surface area (TPSA) is 95.7 Å².